The fourth-order valence-corrected chi connectivity index (χ4v) is 2.38. The van der Waals surface area contributed by atoms with Gasteiger partial charge in [-0.05, 0) is 31.4 Å². The monoisotopic (exact) mass is 339 g/mol. The van der Waals surface area contributed by atoms with Crippen LogP contribution in [0.3, 0.4) is 0 Å². The summed E-state index contributed by atoms with van der Waals surface area (Å²) in [5, 5.41) is 12.5. The van der Waals surface area contributed by atoms with E-state index >= 15 is 0 Å². The van der Waals surface area contributed by atoms with E-state index in [1.807, 2.05) is 0 Å². The Bertz CT molecular complexity index is 494. The number of hydrogen-bond acceptors (Lipinski definition) is 3. The average molecular weight is 340 g/mol. The summed E-state index contributed by atoms with van der Waals surface area (Å²) in [6, 6.07) is 7.08. The van der Waals surface area contributed by atoms with Gasteiger partial charge in [0.2, 0.25) is 5.91 Å². The molecule has 0 unspecified atom stereocenters. The van der Waals surface area contributed by atoms with E-state index in [1.165, 1.54) is 0 Å². The molecule has 20 heavy (non-hydrogen) atoms. The maximum Gasteiger partial charge on any atom is 0.220 e. The first kappa shape index (κ1) is 15.2. The number of carbonyl (C=O) groups is 2. The van der Waals surface area contributed by atoms with Crippen LogP contribution in [0.15, 0.2) is 28.7 Å². The highest BCUT2D eigenvalue weighted by atomic mass is 79.9. The highest BCUT2D eigenvalue weighted by Gasteiger charge is 2.34. The molecule has 1 aromatic carbocycles. The topological polar surface area (TPSA) is 66.4 Å². The third-order valence-electron chi connectivity index (χ3n) is 3.64. The minimum atomic E-state index is -0.717. The molecule has 4 nitrogen and oxygen atoms in total. The van der Waals surface area contributed by atoms with E-state index in [2.05, 4.69) is 21.2 Å². The van der Waals surface area contributed by atoms with Crippen LogP contribution in [-0.4, -0.2) is 28.9 Å². The van der Waals surface area contributed by atoms with Crippen molar-refractivity contribution in [3.63, 3.8) is 0 Å². The summed E-state index contributed by atoms with van der Waals surface area (Å²) in [6.45, 7) is 0.290. The number of Topliss-reactive ketones (excluding diaryl/α,β-unsaturated/α-hetero) is 1. The molecule has 108 valence electrons. The molecular formula is C15H18BrNO3. The highest BCUT2D eigenvalue weighted by Crippen LogP contribution is 2.30. The van der Waals surface area contributed by atoms with Crippen LogP contribution in [0.2, 0.25) is 0 Å². The first-order chi connectivity index (χ1) is 9.48. The van der Waals surface area contributed by atoms with Gasteiger partial charge in [0, 0.05) is 29.4 Å². The quantitative estimate of drug-likeness (QED) is 0.782. The third-order valence-corrected chi connectivity index (χ3v) is 4.17. The molecule has 0 aromatic heterocycles. The summed E-state index contributed by atoms with van der Waals surface area (Å²) >= 11 is 3.31. The van der Waals surface area contributed by atoms with E-state index in [4.69, 9.17) is 0 Å². The van der Waals surface area contributed by atoms with Gasteiger partial charge in [0.15, 0.2) is 5.78 Å². The van der Waals surface area contributed by atoms with Gasteiger partial charge in [-0.1, -0.05) is 28.1 Å². The Morgan fingerprint density at radius 2 is 1.85 bits per heavy atom. The number of amides is 1. The number of ketones is 1. The molecule has 0 spiro atoms. The molecule has 0 aliphatic heterocycles. The average Bonchev–Trinajstić information content (AvgIpc) is 2.41. The Balaban J connectivity index is 1.72. The van der Waals surface area contributed by atoms with E-state index in [1.54, 1.807) is 24.3 Å². The number of halogens is 1. The van der Waals surface area contributed by atoms with E-state index < -0.39 is 5.60 Å². The molecule has 0 saturated heterocycles. The Morgan fingerprint density at radius 1 is 1.20 bits per heavy atom. The molecule has 1 aliphatic carbocycles. The van der Waals surface area contributed by atoms with Gasteiger partial charge in [0.1, 0.15) is 0 Å². The Morgan fingerprint density at radius 3 is 2.40 bits per heavy atom. The summed E-state index contributed by atoms with van der Waals surface area (Å²) in [4.78, 5) is 23.5. The van der Waals surface area contributed by atoms with Crippen LogP contribution < -0.4 is 5.32 Å². The van der Waals surface area contributed by atoms with Gasteiger partial charge in [-0.3, -0.25) is 9.59 Å². The summed E-state index contributed by atoms with van der Waals surface area (Å²) in [5.74, 6) is -0.231. The van der Waals surface area contributed by atoms with Gasteiger partial charge in [0.05, 0.1) is 5.60 Å². The Kier molecular flexibility index (Phi) is 4.94. The van der Waals surface area contributed by atoms with Crippen LogP contribution in [0.25, 0.3) is 0 Å². The lowest BCUT2D eigenvalue weighted by Crippen LogP contribution is -2.47. The molecule has 0 atom stereocenters. The molecule has 1 aliphatic rings. The second-order valence-corrected chi connectivity index (χ2v) is 6.20. The predicted molar refractivity (Wildman–Crippen MR) is 79.5 cm³/mol. The third kappa shape index (κ3) is 4.15. The molecule has 1 fully saturated rings. The molecule has 1 saturated carbocycles. The van der Waals surface area contributed by atoms with Gasteiger partial charge >= 0.3 is 0 Å². The molecule has 0 heterocycles. The Hall–Kier alpha value is -1.20. The van der Waals surface area contributed by atoms with Crippen molar-refractivity contribution in [1.29, 1.82) is 0 Å². The van der Waals surface area contributed by atoms with Crippen molar-refractivity contribution >= 4 is 27.6 Å². The maximum atomic E-state index is 11.9. The highest BCUT2D eigenvalue weighted by molar-refractivity contribution is 9.10. The minimum Gasteiger partial charge on any atom is -0.388 e. The lowest BCUT2D eigenvalue weighted by atomic mass is 9.80. The second-order valence-electron chi connectivity index (χ2n) is 5.28. The van der Waals surface area contributed by atoms with Crippen LogP contribution >= 0.6 is 15.9 Å². The standard InChI is InChI=1S/C15H18BrNO3/c16-12-4-2-11(3-5-12)13(18)6-7-14(19)17-10-15(20)8-1-9-15/h2-5,20H,1,6-10H2,(H,17,19). The SMILES string of the molecule is O=C(CCC(=O)c1ccc(Br)cc1)NCC1(O)CCC1. The van der Waals surface area contributed by atoms with E-state index in [0.717, 1.165) is 23.7 Å². The zero-order valence-electron chi connectivity index (χ0n) is 11.2. The lowest BCUT2D eigenvalue weighted by molar-refractivity contribution is -0.123. The molecular weight excluding hydrogens is 322 g/mol. The largest absolute Gasteiger partial charge is 0.388 e. The number of hydrogen-bond donors (Lipinski definition) is 2. The van der Waals surface area contributed by atoms with E-state index in [-0.39, 0.29) is 31.1 Å². The zero-order valence-corrected chi connectivity index (χ0v) is 12.8. The molecule has 0 bridgehead atoms. The van der Waals surface area contributed by atoms with E-state index in [0.29, 0.717) is 5.56 Å². The fraction of sp³-hybridized carbons (Fsp3) is 0.467. The molecule has 0 radical (unpaired) electrons. The van der Waals surface area contributed by atoms with Crippen molar-refractivity contribution in [3.05, 3.63) is 34.3 Å². The Labute approximate surface area is 126 Å². The number of nitrogens with one attached hydrogen (secondary N) is 1. The minimum absolute atomic E-state index is 0.0463. The van der Waals surface area contributed by atoms with Crippen molar-refractivity contribution in [2.75, 3.05) is 6.54 Å². The maximum absolute atomic E-state index is 11.9. The molecule has 2 rings (SSSR count). The molecule has 1 amide bonds. The van der Waals surface area contributed by atoms with Crippen molar-refractivity contribution in [1.82, 2.24) is 5.32 Å². The van der Waals surface area contributed by atoms with Crippen LogP contribution in [0.4, 0.5) is 0 Å². The van der Waals surface area contributed by atoms with Gasteiger partial charge < -0.3 is 10.4 Å². The molecule has 5 heteroatoms. The van der Waals surface area contributed by atoms with Crippen molar-refractivity contribution in [2.45, 2.75) is 37.7 Å². The van der Waals surface area contributed by atoms with Gasteiger partial charge in [-0.15, -0.1) is 0 Å². The predicted octanol–water partition coefficient (Wildman–Crippen LogP) is 2.44. The number of aliphatic hydroxyl groups is 1. The summed E-state index contributed by atoms with van der Waals surface area (Å²) in [7, 11) is 0. The van der Waals surface area contributed by atoms with Crippen LogP contribution in [0.1, 0.15) is 42.5 Å². The van der Waals surface area contributed by atoms with Gasteiger partial charge in [-0.25, -0.2) is 0 Å². The first-order valence-electron chi connectivity index (χ1n) is 6.76. The molecule has 2 N–H and O–H groups in total. The number of benzene rings is 1. The number of rotatable bonds is 6. The van der Waals surface area contributed by atoms with Crippen molar-refractivity contribution < 1.29 is 14.7 Å². The molecule has 1 aromatic rings. The summed E-state index contributed by atoms with van der Waals surface area (Å²) in [5.41, 5.74) is -0.107. The smallest absolute Gasteiger partial charge is 0.220 e. The lowest BCUT2D eigenvalue weighted by Gasteiger charge is -2.36. The van der Waals surface area contributed by atoms with Crippen molar-refractivity contribution in [3.8, 4) is 0 Å². The van der Waals surface area contributed by atoms with Gasteiger partial charge in [0.25, 0.3) is 0 Å². The zero-order chi connectivity index (χ0) is 14.6. The second kappa shape index (κ2) is 6.50. The van der Waals surface area contributed by atoms with Crippen LogP contribution in [-0.2, 0) is 4.79 Å². The summed E-state index contributed by atoms with van der Waals surface area (Å²) in [6.07, 6.45) is 2.83. The van der Waals surface area contributed by atoms with E-state index in [9.17, 15) is 14.7 Å². The number of carbonyl (C=O) groups excluding carboxylic acids is 2. The normalized spacial score (nSPS) is 16.3. The first-order valence-corrected chi connectivity index (χ1v) is 7.56. The summed E-state index contributed by atoms with van der Waals surface area (Å²) < 4.78 is 0.917. The van der Waals surface area contributed by atoms with Crippen molar-refractivity contribution in [2.24, 2.45) is 0 Å². The van der Waals surface area contributed by atoms with Gasteiger partial charge in [-0.2, -0.15) is 0 Å². The van der Waals surface area contributed by atoms with Crippen LogP contribution in [0.5, 0.6) is 0 Å². The fourth-order valence-electron chi connectivity index (χ4n) is 2.12. The van der Waals surface area contributed by atoms with Crippen LogP contribution in [0, 0.1) is 0 Å².